The van der Waals surface area contributed by atoms with E-state index >= 15 is 0 Å². The third-order valence-corrected chi connectivity index (χ3v) is 6.51. The van der Waals surface area contributed by atoms with Crippen LogP contribution in [0.4, 0.5) is 10.6 Å². The van der Waals surface area contributed by atoms with Crippen LogP contribution in [0.2, 0.25) is 0 Å². The van der Waals surface area contributed by atoms with E-state index in [9.17, 15) is 9.59 Å². The number of carbonyl (C=O) groups excluding carboxylic acids is 2. The Bertz CT molecular complexity index is 944. The van der Waals surface area contributed by atoms with Crippen LogP contribution in [-0.4, -0.2) is 92.8 Å². The number of urea groups is 1. The van der Waals surface area contributed by atoms with Crippen molar-refractivity contribution in [2.75, 3.05) is 45.2 Å². The summed E-state index contributed by atoms with van der Waals surface area (Å²) in [5.74, 6) is 1.84. The van der Waals surface area contributed by atoms with Crippen molar-refractivity contribution < 1.29 is 9.59 Å². The molecule has 2 aromatic rings. The van der Waals surface area contributed by atoms with Gasteiger partial charge in [0.25, 0.3) is 0 Å². The van der Waals surface area contributed by atoms with E-state index in [1.165, 1.54) is 4.90 Å². The maximum absolute atomic E-state index is 12.3. The lowest BCUT2D eigenvalue weighted by Gasteiger charge is -2.41. The van der Waals surface area contributed by atoms with E-state index in [1.54, 1.807) is 30.0 Å². The summed E-state index contributed by atoms with van der Waals surface area (Å²) in [6, 6.07) is -0.222. The number of amides is 3. The quantitative estimate of drug-likeness (QED) is 0.718. The molecule has 5 rings (SSSR count). The van der Waals surface area contributed by atoms with Gasteiger partial charge in [-0.25, -0.2) is 14.8 Å². The van der Waals surface area contributed by atoms with E-state index in [0.717, 1.165) is 43.0 Å². The first-order chi connectivity index (χ1) is 13.4. The number of likely N-dealkylation sites (tertiary alicyclic amines) is 1. The Morgan fingerprint density at radius 3 is 2.43 bits per heavy atom. The molecule has 10 heteroatoms. The minimum Gasteiger partial charge on any atom is -0.355 e. The summed E-state index contributed by atoms with van der Waals surface area (Å²) in [7, 11) is 5.22. The Labute approximate surface area is 162 Å². The molecule has 0 bridgehead atoms. The fourth-order valence-corrected chi connectivity index (χ4v) is 4.92. The molecule has 0 radical (unpaired) electrons. The minimum absolute atomic E-state index is 0.105. The van der Waals surface area contributed by atoms with Gasteiger partial charge in [-0.1, -0.05) is 0 Å². The highest BCUT2D eigenvalue weighted by molar-refractivity contribution is 5.96. The first-order valence-corrected chi connectivity index (χ1v) is 9.59. The lowest BCUT2D eigenvalue weighted by Crippen LogP contribution is -2.59. The molecule has 3 fully saturated rings. The van der Waals surface area contributed by atoms with Crippen molar-refractivity contribution in [3.63, 3.8) is 0 Å². The van der Waals surface area contributed by atoms with Gasteiger partial charge >= 0.3 is 6.03 Å². The van der Waals surface area contributed by atoms with Crippen molar-refractivity contribution in [3.8, 4) is 0 Å². The zero-order valence-corrected chi connectivity index (χ0v) is 16.3. The number of hydrogen-bond donors (Lipinski definition) is 0. The second-order valence-electron chi connectivity index (χ2n) is 8.11. The molecule has 0 saturated carbocycles. The number of imide groups is 1. The summed E-state index contributed by atoms with van der Waals surface area (Å²) >= 11 is 0. The molecular weight excluding hydrogens is 360 g/mol. The zero-order valence-electron chi connectivity index (χ0n) is 16.3. The van der Waals surface area contributed by atoms with Crippen LogP contribution in [0, 0.1) is 11.8 Å². The highest BCUT2D eigenvalue weighted by Gasteiger charge is 2.46. The highest BCUT2D eigenvalue weighted by Crippen LogP contribution is 2.37. The van der Waals surface area contributed by atoms with Gasteiger partial charge in [0, 0.05) is 47.3 Å². The van der Waals surface area contributed by atoms with Crippen LogP contribution in [0.3, 0.4) is 0 Å². The highest BCUT2D eigenvalue weighted by atomic mass is 16.2. The standard InChI is InChI=1S/C18H24N8O2/c1-22-14(4-15(27)23(2)18(22)28)25-6-11-8-26(9-12(11)7-25)17-13-5-21-24(3)16(13)19-10-20-17/h5,10-12,14H,4,6-9H2,1-3H3. The van der Waals surface area contributed by atoms with Crippen LogP contribution >= 0.6 is 0 Å². The molecule has 0 spiro atoms. The number of aromatic nitrogens is 4. The van der Waals surface area contributed by atoms with Crippen LogP contribution < -0.4 is 4.90 Å². The molecule has 148 valence electrons. The molecule has 5 heterocycles. The smallest absolute Gasteiger partial charge is 0.327 e. The molecule has 3 aliphatic heterocycles. The number of rotatable bonds is 2. The van der Waals surface area contributed by atoms with Crippen LogP contribution in [-0.2, 0) is 11.8 Å². The molecular formula is C18H24N8O2. The maximum Gasteiger partial charge on any atom is 0.327 e. The zero-order chi connectivity index (χ0) is 19.6. The van der Waals surface area contributed by atoms with Crippen molar-refractivity contribution >= 4 is 28.8 Å². The van der Waals surface area contributed by atoms with Crippen molar-refractivity contribution in [1.82, 2.24) is 34.4 Å². The third kappa shape index (κ3) is 2.47. The lowest BCUT2D eigenvalue weighted by molar-refractivity contribution is -0.133. The molecule has 0 N–H and O–H groups in total. The lowest BCUT2D eigenvalue weighted by atomic mass is 10.0. The van der Waals surface area contributed by atoms with Crippen molar-refractivity contribution in [2.24, 2.45) is 18.9 Å². The predicted octanol–water partition coefficient (Wildman–Crippen LogP) is -0.0287. The first kappa shape index (κ1) is 17.4. The molecule has 3 atom stereocenters. The van der Waals surface area contributed by atoms with Crippen molar-refractivity contribution in [2.45, 2.75) is 12.6 Å². The van der Waals surface area contributed by atoms with Gasteiger partial charge < -0.3 is 9.80 Å². The van der Waals surface area contributed by atoms with E-state index < -0.39 is 0 Å². The summed E-state index contributed by atoms with van der Waals surface area (Å²) in [4.78, 5) is 40.8. The summed E-state index contributed by atoms with van der Waals surface area (Å²) in [6.45, 7) is 3.62. The van der Waals surface area contributed by atoms with Crippen LogP contribution in [0.25, 0.3) is 11.0 Å². The van der Waals surface area contributed by atoms with Crippen molar-refractivity contribution in [3.05, 3.63) is 12.5 Å². The van der Waals surface area contributed by atoms with Gasteiger partial charge in [0.15, 0.2) is 5.65 Å². The van der Waals surface area contributed by atoms with Gasteiger partial charge in [0.05, 0.1) is 24.2 Å². The van der Waals surface area contributed by atoms with Gasteiger partial charge in [-0.15, -0.1) is 0 Å². The van der Waals surface area contributed by atoms with Gasteiger partial charge in [0.1, 0.15) is 12.1 Å². The van der Waals surface area contributed by atoms with E-state index in [-0.39, 0.29) is 18.1 Å². The fraction of sp³-hybridized carbons (Fsp3) is 0.611. The third-order valence-electron chi connectivity index (χ3n) is 6.51. The fourth-order valence-electron chi connectivity index (χ4n) is 4.92. The summed E-state index contributed by atoms with van der Waals surface area (Å²) in [6.07, 6.45) is 3.66. The molecule has 2 aromatic heterocycles. The van der Waals surface area contributed by atoms with Crippen LogP contribution in [0.15, 0.2) is 12.5 Å². The summed E-state index contributed by atoms with van der Waals surface area (Å²) in [5.41, 5.74) is 0.841. The van der Waals surface area contributed by atoms with E-state index in [0.29, 0.717) is 18.3 Å². The number of aryl methyl sites for hydroxylation is 1. The molecule has 3 unspecified atom stereocenters. The Balaban J connectivity index is 1.31. The largest absolute Gasteiger partial charge is 0.355 e. The molecule has 3 aliphatic rings. The SMILES string of the molecule is CN1C(=O)CC(N2CC3CN(c4ncnc5c4cnn5C)CC3C2)N(C)C1=O. The van der Waals surface area contributed by atoms with E-state index in [1.807, 2.05) is 13.2 Å². The van der Waals surface area contributed by atoms with Crippen LogP contribution in [0.5, 0.6) is 0 Å². The maximum atomic E-state index is 12.3. The summed E-state index contributed by atoms with van der Waals surface area (Å²) < 4.78 is 1.77. The second kappa shape index (κ2) is 6.13. The molecule has 0 aromatic carbocycles. The van der Waals surface area contributed by atoms with Crippen molar-refractivity contribution in [1.29, 1.82) is 0 Å². The number of nitrogens with zero attached hydrogens (tertiary/aromatic N) is 8. The van der Waals surface area contributed by atoms with Gasteiger partial charge in [-0.05, 0) is 11.8 Å². The molecule has 3 saturated heterocycles. The summed E-state index contributed by atoms with van der Waals surface area (Å²) in [5, 5.41) is 5.29. The Morgan fingerprint density at radius 1 is 1.00 bits per heavy atom. The molecule has 10 nitrogen and oxygen atoms in total. The van der Waals surface area contributed by atoms with Gasteiger partial charge in [0.2, 0.25) is 5.91 Å². The van der Waals surface area contributed by atoms with E-state index in [4.69, 9.17) is 0 Å². The van der Waals surface area contributed by atoms with Gasteiger partial charge in [-0.2, -0.15) is 5.10 Å². The van der Waals surface area contributed by atoms with E-state index in [2.05, 4.69) is 24.9 Å². The molecule has 0 aliphatic carbocycles. The minimum atomic E-state index is -0.222. The average Bonchev–Trinajstić information content (AvgIpc) is 3.36. The monoisotopic (exact) mass is 384 g/mol. The predicted molar refractivity (Wildman–Crippen MR) is 101 cm³/mol. The second-order valence-corrected chi connectivity index (χ2v) is 8.11. The normalized spacial score (nSPS) is 28.7. The average molecular weight is 384 g/mol. The molecule has 3 amide bonds. The Kier molecular flexibility index (Phi) is 3.80. The number of carbonyl (C=O) groups is 2. The molecule has 28 heavy (non-hydrogen) atoms. The number of fused-ring (bicyclic) bond motifs is 2. The Morgan fingerprint density at radius 2 is 1.71 bits per heavy atom. The number of anilines is 1. The van der Waals surface area contributed by atoms with Crippen LogP contribution in [0.1, 0.15) is 6.42 Å². The first-order valence-electron chi connectivity index (χ1n) is 9.59. The van der Waals surface area contributed by atoms with Gasteiger partial charge in [-0.3, -0.25) is 19.3 Å². The Hall–Kier alpha value is -2.75. The number of hydrogen-bond acceptors (Lipinski definition) is 7. The topological polar surface area (TPSA) is 90.7 Å².